The van der Waals surface area contributed by atoms with Gasteiger partial charge in [-0.3, -0.25) is 0 Å². The molecule has 0 bridgehead atoms. The Morgan fingerprint density at radius 1 is 1.11 bits per heavy atom. The second-order valence-corrected chi connectivity index (χ2v) is 7.37. The number of rotatable bonds is 5. The maximum absolute atomic E-state index is 14.2. The first-order valence-corrected chi connectivity index (χ1v) is 8.53. The zero-order valence-corrected chi connectivity index (χ0v) is 16.2. The zero-order valence-electron chi connectivity index (χ0n) is 15.4. The van der Waals surface area contributed by atoms with Crippen molar-refractivity contribution in [3.8, 4) is 11.5 Å². The number of ether oxygens (including phenoxy) is 1. The van der Waals surface area contributed by atoms with Gasteiger partial charge in [0, 0.05) is 22.4 Å². The van der Waals surface area contributed by atoms with E-state index in [-0.39, 0.29) is 22.9 Å². The smallest absolute Gasteiger partial charge is 0.206 e. The molecule has 8 heteroatoms. The Labute approximate surface area is 164 Å². The van der Waals surface area contributed by atoms with E-state index in [2.05, 4.69) is 16.3 Å². The summed E-state index contributed by atoms with van der Waals surface area (Å²) in [5, 5.41) is 10.6. The Bertz CT molecular complexity index is 923. The molecule has 28 heavy (non-hydrogen) atoms. The molecule has 150 valence electrons. The van der Waals surface area contributed by atoms with Gasteiger partial charge in [0.05, 0.1) is 0 Å². The number of halogens is 5. The SMILES string of the molecule is C=CCOc1c(F)c(F)c(N=Cc2cc(Cl)cc(C(C)(C)C)c2O)c(F)c1F. The number of phenols is 1. The Morgan fingerprint density at radius 3 is 2.18 bits per heavy atom. The highest BCUT2D eigenvalue weighted by Gasteiger charge is 2.27. The normalized spacial score (nSPS) is 11.9. The molecule has 0 amide bonds. The minimum Gasteiger partial charge on any atom is -0.507 e. The molecule has 0 fully saturated rings. The lowest BCUT2D eigenvalue weighted by Crippen LogP contribution is -2.12. The van der Waals surface area contributed by atoms with E-state index in [4.69, 9.17) is 11.6 Å². The summed E-state index contributed by atoms with van der Waals surface area (Å²) in [4.78, 5) is 3.49. The van der Waals surface area contributed by atoms with Gasteiger partial charge in [0.2, 0.25) is 11.6 Å². The average Bonchev–Trinajstić information content (AvgIpc) is 2.61. The lowest BCUT2D eigenvalue weighted by Gasteiger charge is -2.21. The highest BCUT2D eigenvalue weighted by Crippen LogP contribution is 2.37. The first-order chi connectivity index (χ1) is 13.0. The van der Waals surface area contributed by atoms with E-state index in [0.717, 1.165) is 12.3 Å². The Morgan fingerprint density at radius 2 is 1.68 bits per heavy atom. The van der Waals surface area contributed by atoms with Crippen LogP contribution in [-0.2, 0) is 5.41 Å². The lowest BCUT2D eigenvalue weighted by molar-refractivity contribution is 0.303. The number of aromatic hydroxyl groups is 1. The van der Waals surface area contributed by atoms with E-state index in [1.165, 1.54) is 6.07 Å². The van der Waals surface area contributed by atoms with Gasteiger partial charge < -0.3 is 9.84 Å². The van der Waals surface area contributed by atoms with Gasteiger partial charge in [-0.05, 0) is 17.5 Å². The number of phenolic OH excluding ortho intramolecular Hbond substituents is 1. The predicted octanol–water partition coefficient (Wildman–Crippen LogP) is 6.21. The molecule has 0 unspecified atom stereocenters. The van der Waals surface area contributed by atoms with E-state index in [9.17, 15) is 22.7 Å². The third-order valence-electron chi connectivity index (χ3n) is 3.79. The van der Waals surface area contributed by atoms with E-state index < -0.39 is 40.1 Å². The summed E-state index contributed by atoms with van der Waals surface area (Å²) in [5.74, 6) is -8.32. The largest absolute Gasteiger partial charge is 0.507 e. The van der Waals surface area contributed by atoms with Crippen LogP contribution in [0.4, 0.5) is 23.2 Å². The van der Waals surface area contributed by atoms with Gasteiger partial charge in [-0.1, -0.05) is 45.0 Å². The summed E-state index contributed by atoms with van der Waals surface area (Å²) in [5.41, 5.74) is -1.19. The molecule has 3 nitrogen and oxygen atoms in total. The van der Waals surface area contributed by atoms with Crippen LogP contribution in [0.2, 0.25) is 5.02 Å². The molecule has 0 atom stereocenters. The number of nitrogens with zero attached hydrogens (tertiary/aromatic N) is 1. The van der Waals surface area contributed by atoms with Crippen LogP contribution in [0.15, 0.2) is 29.8 Å². The van der Waals surface area contributed by atoms with Gasteiger partial charge in [-0.2, -0.15) is 8.78 Å². The molecule has 0 radical (unpaired) electrons. The average molecular weight is 416 g/mol. The van der Waals surface area contributed by atoms with Crippen LogP contribution in [0.3, 0.4) is 0 Å². The fraction of sp³-hybridized carbons (Fsp3) is 0.250. The Kier molecular flexibility index (Phi) is 6.39. The third kappa shape index (κ3) is 4.30. The summed E-state index contributed by atoms with van der Waals surface area (Å²) >= 11 is 6.03. The maximum Gasteiger partial charge on any atom is 0.206 e. The van der Waals surface area contributed by atoms with Crippen molar-refractivity contribution < 1.29 is 27.4 Å². The highest BCUT2D eigenvalue weighted by molar-refractivity contribution is 6.31. The van der Waals surface area contributed by atoms with E-state index in [0.29, 0.717) is 5.56 Å². The van der Waals surface area contributed by atoms with Crippen molar-refractivity contribution in [1.29, 1.82) is 0 Å². The second kappa shape index (κ2) is 8.22. The van der Waals surface area contributed by atoms with E-state index in [1.54, 1.807) is 6.07 Å². The summed E-state index contributed by atoms with van der Waals surface area (Å²) in [6, 6.07) is 2.85. The van der Waals surface area contributed by atoms with Crippen molar-refractivity contribution in [2.75, 3.05) is 6.61 Å². The van der Waals surface area contributed by atoms with Crippen molar-refractivity contribution in [2.24, 2.45) is 4.99 Å². The minimum absolute atomic E-state index is 0.0315. The molecule has 0 aliphatic heterocycles. The van der Waals surface area contributed by atoms with Gasteiger partial charge in [-0.15, -0.1) is 0 Å². The van der Waals surface area contributed by atoms with Gasteiger partial charge in [0.15, 0.2) is 17.4 Å². The van der Waals surface area contributed by atoms with Gasteiger partial charge in [-0.25, -0.2) is 13.8 Å². The van der Waals surface area contributed by atoms with Crippen molar-refractivity contribution in [3.05, 3.63) is 64.2 Å². The fourth-order valence-corrected chi connectivity index (χ4v) is 2.63. The topological polar surface area (TPSA) is 41.8 Å². The molecule has 0 saturated carbocycles. The monoisotopic (exact) mass is 415 g/mol. The van der Waals surface area contributed by atoms with Crippen LogP contribution in [0.25, 0.3) is 0 Å². The summed E-state index contributed by atoms with van der Waals surface area (Å²) < 4.78 is 61.1. The molecule has 0 heterocycles. The van der Waals surface area contributed by atoms with Gasteiger partial charge in [0.25, 0.3) is 0 Å². The highest BCUT2D eigenvalue weighted by atomic mass is 35.5. The molecule has 0 saturated heterocycles. The Hall–Kier alpha value is -2.54. The second-order valence-electron chi connectivity index (χ2n) is 6.93. The lowest BCUT2D eigenvalue weighted by atomic mass is 9.85. The Balaban J connectivity index is 2.57. The number of hydrogen-bond acceptors (Lipinski definition) is 3. The molecule has 0 spiro atoms. The van der Waals surface area contributed by atoms with E-state index in [1.807, 2.05) is 20.8 Å². The standard InChI is InChI=1S/C20H18ClF4NO2/c1-5-6-28-19-15(24)13(22)17(14(23)16(19)25)26-9-10-7-11(21)8-12(18(10)27)20(2,3)4/h5,7-9,27H,1,6H2,2-4H3. The molecule has 1 N–H and O–H groups in total. The molecule has 0 aliphatic rings. The number of aliphatic imine (C=N–C) groups is 1. The molecule has 2 rings (SSSR count). The number of hydrogen-bond donors (Lipinski definition) is 1. The molecular formula is C20H18ClF4NO2. The maximum atomic E-state index is 14.2. The summed E-state index contributed by atoms with van der Waals surface area (Å²) in [6.07, 6.45) is 2.04. The molecule has 0 aliphatic carbocycles. The van der Waals surface area contributed by atoms with Crippen LogP contribution in [0.5, 0.6) is 11.5 Å². The quantitative estimate of drug-likeness (QED) is 0.273. The summed E-state index contributed by atoms with van der Waals surface area (Å²) in [7, 11) is 0. The van der Waals surface area contributed by atoms with Gasteiger partial charge >= 0.3 is 0 Å². The first-order valence-electron chi connectivity index (χ1n) is 8.15. The first kappa shape index (κ1) is 21.8. The number of benzene rings is 2. The van der Waals surface area contributed by atoms with Gasteiger partial charge in [0.1, 0.15) is 18.0 Å². The van der Waals surface area contributed by atoms with Crippen LogP contribution in [-0.4, -0.2) is 17.9 Å². The zero-order chi connectivity index (χ0) is 21.2. The van der Waals surface area contributed by atoms with Crippen molar-refractivity contribution in [1.82, 2.24) is 0 Å². The fourth-order valence-electron chi connectivity index (χ4n) is 2.41. The third-order valence-corrected chi connectivity index (χ3v) is 4.01. The van der Waals surface area contributed by atoms with Crippen LogP contribution in [0.1, 0.15) is 31.9 Å². The minimum atomic E-state index is -1.73. The summed E-state index contributed by atoms with van der Waals surface area (Å²) in [6.45, 7) is 8.41. The van der Waals surface area contributed by atoms with Crippen LogP contribution < -0.4 is 4.74 Å². The van der Waals surface area contributed by atoms with Crippen molar-refractivity contribution >= 4 is 23.5 Å². The van der Waals surface area contributed by atoms with Crippen LogP contribution >= 0.6 is 11.6 Å². The molecule has 2 aromatic carbocycles. The van der Waals surface area contributed by atoms with Crippen molar-refractivity contribution in [2.45, 2.75) is 26.2 Å². The van der Waals surface area contributed by atoms with Crippen molar-refractivity contribution in [3.63, 3.8) is 0 Å². The molecule has 2 aromatic rings. The predicted molar refractivity (Wildman–Crippen MR) is 101 cm³/mol. The molecular weight excluding hydrogens is 398 g/mol. The van der Waals surface area contributed by atoms with Crippen LogP contribution in [0, 0.1) is 23.3 Å². The molecule has 0 aromatic heterocycles. The van der Waals surface area contributed by atoms with E-state index >= 15 is 0 Å².